The minimum Gasteiger partial charge on any atom is -0.387 e. The number of hydrogen-bond acceptors (Lipinski definition) is 4. The molecule has 0 saturated carbocycles. The highest BCUT2D eigenvalue weighted by atomic mass is 79.9. The van der Waals surface area contributed by atoms with Crippen LogP contribution in [0.25, 0.3) is 0 Å². The molecule has 1 unspecified atom stereocenters. The molecular weight excluding hydrogens is 387 g/mol. The van der Waals surface area contributed by atoms with Crippen LogP contribution in [0.1, 0.15) is 21.3 Å². The third-order valence-corrected chi connectivity index (χ3v) is 4.58. The zero-order valence-corrected chi connectivity index (χ0v) is 14.3. The predicted octanol–water partition coefficient (Wildman–Crippen LogP) is 2.23. The first-order valence-corrected chi connectivity index (χ1v) is 8.30. The van der Waals surface area contributed by atoms with E-state index in [2.05, 4.69) is 26.6 Å². The summed E-state index contributed by atoms with van der Waals surface area (Å²) in [5.74, 6) is -1.15. The highest BCUT2D eigenvalue weighted by Crippen LogP contribution is 2.21. The minimum absolute atomic E-state index is 0.0229. The summed E-state index contributed by atoms with van der Waals surface area (Å²) in [6.07, 6.45) is -0.941. The molecule has 1 atom stereocenters. The van der Waals surface area contributed by atoms with Crippen LogP contribution in [-0.2, 0) is 4.79 Å². The lowest BCUT2D eigenvalue weighted by Gasteiger charge is -2.12. The summed E-state index contributed by atoms with van der Waals surface area (Å²) in [7, 11) is 0. The highest BCUT2D eigenvalue weighted by Gasteiger charge is 2.12. The molecule has 0 radical (unpaired) electrons. The van der Waals surface area contributed by atoms with E-state index in [9.17, 15) is 19.1 Å². The SMILES string of the molecule is O=C(CNC(=O)c1ccc(Br)s1)NCC(O)c1ccc(F)cc1. The lowest BCUT2D eigenvalue weighted by molar-refractivity contribution is -0.120. The molecule has 8 heteroatoms. The quantitative estimate of drug-likeness (QED) is 0.695. The number of amides is 2. The largest absolute Gasteiger partial charge is 0.387 e. The molecule has 1 aromatic carbocycles. The van der Waals surface area contributed by atoms with Gasteiger partial charge in [0.2, 0.25) is 5.91 Å². The van der Waals surface area contributed by atoms with Crippen molar-refractivity contribution in [3.05, 3.63) is 56.4 Å². The lowest BCUT2D eigenvalue weighted by atomic mass is 10.1. The van der Waals surface area contributed by atoms with Crippen molar-refractivity contribution in [3.63, 3.8) is 0 Å². The number of aliphatic hydroxyl groups is 1. The summed E-state index contributed by atoms with van der Waals surface area (Å²) in [6, 6.07) is 8.77. The molecule has 2 rings (SSSR count). The van der Waals surface area contributed by atoms with Crippen molar-refractivity contribution in [3.8, 4) is 0 Å². The van der Waals surface area contributed by atoms with E-state index >= 15 is 0 Å². The van der Waals surface area contributed by atoms with Crippen LogP contribution in [0.15, 0.2) is 40.2 Å². The summed E-state index contributed by atoms with van der Waals surface area (Å²) in [5, 5.41) is 14.9. The standard InChI is InChI=1S/C15H14BrFN2O3S/c16-13-6-5-12(23-13)15(22)19-8-14(21)18-7-11(20)9-1-3-10(17)4-2-9/h1-6,11,20H,7-8H2,(H,18,21)(H,19,22). The third kappa shape index (κ3) is 5.42. The molecule has 23 heavy (non-hydrogen) atoms. The zero-order chi connectivity index (χ0) is 16.8. The third-order valence-electron chi connectivity index (χ3n) is 2.95. The number of nitrogens with one attached hydrogen (secondary N) is 2. The second-order valence-corrected chi connectivity index (χ2v) is 7.12. The monoisotopic (exact) mass is 400 g/mol. The molecule has 0 aliphatic carbocycles. The van der Waals surface area contributed by atoms with Crippen LogP contribution in [-0.4, -0.2) is 30.0 Å². The molecule has 0 aliphatic rings. The Bertz CT molecular complexity index is 690. The fraction of sp³-hybridized carbons (Fsp3) is 0.200. The van der Waals surface area contributed by atoms with Crippen molar-refractivity contribution >= 4 is 39.1 Å². The molecule has 5 nitrogen and oxygen atoms in total. The summed E-state index contributed by atoms with van der Waals surface area (Å²) in [5.41, 5.74) is 0.499. The molecule has 0 bridgehead atoms. The van der Waals surface area contributed by atoms with Gasteiger partial charge in [-0.15, -0.1) is 11.3 Å². The van der Waals surface area contributed by atoms with E-state index in [0.717, 1.165) is 3.79 Å². The van der Waals surface area contributed by atoms with Crippen molar-refractivity contribution in [1.82, 2.24) is 10.6 Å². The second-order valence-electron chi connectivity index (χ2n) is 4.66. The van der Waals surface area contributed by atoms with E-state index < -0.39 is 17.8 Å². The Kier molecular flexibility index (Phi) is 6.26. The Hall–Kier alpha value is -1.77. The van der Waals surface area contributed by atoms with E-state index in [1.807, 2.05) is 0 Å². The number of thiophene rings is 1. The smallest absolute Gasteiger partial charge is 0.261 e. The van der Waals surface area contributed by atoms with Crippen LogP contribution in [0.3, 0.4) is 0 Å². The number of carbonyl (C=O) groups is 2. The molecule has 0 spiro atoms. The average Bonchev–Trinajstić information content (AvgIpc) is 2.97. The topological polar surface area (TPSA) is 78.4 Å². The van der Waals surface area contributed by atoms with Gasteiger partial charge in [0.15, 0.2) is 0 Å². The van der Waals surface area contributed by atoms with Gasteiger partial charge in [-0.05, 0) is 45.8 Å². The Morgan fingerprint density at radius 2 is 1.87 bits per heavy atom. The van der Waals surface area contributed by atoms with Crippen molar-refractivity contribution in [2.45, 2.75) is 6.10 Å². The van der Waals surface area contributed by atoms with E-state index in [1.165, 1.54) is 35.6 Å². The highest BCUT2D eigenvalue weighted by molar-refractivity contribution is 9.11. The first-order chi connectivity index (χ1) is 11.0. The van der Waals surface area contributed by atoms with Gasteiger partial charge in [-0.1, -0.05) is 12.1 Å². The number of benzene rings is 1. The van der Waals surface area contributed by atoms with Crippen molar-refractivity contribution in [1.29, 1.82) is 0 Å². The normalized spacial score (nSPS) is 11.8. The number of rotatable bonds is 6. The first-order valence-electron chi connectivity index (χ1n) is 6.69. The molecule has 122 valence electrons. The number of carbonyl (C=O) groups excluding carboxylic acids is 2. The van der Waals surface area contributed by atoms with Gasteiger partial charge in [0.05, 0.1) is 21.3 Å². The molecule has 0 fully saturated rings. The van der Waals surface area contributed by atoms with Crippen LogP contribution in [0.2, 0.25) is 0 Å². The van der Waals surface area contributed by atoms with Gasteiger partial charge in [0.25, 0.3) is 5.91 Å². The summed E-state index contributed by atoms with van der Waals surface area (Å²) in [4.78, 5) is 23.9. The first kappa shape index (κ1) is 17.6. The number of halogens is 2. The Labute approximate surface area is 144 Å². The Morgan fingerprint density at radius 3 is 2.48 bits per heavy atom. The molecule has 0 saturated heterocycles. The van der Waals surface area contributed by atoms with E-state index in [4.69, 9.17) is 0 Å². The second kappa shape index (κ2) is 8.19. The van der Waals surface area contributed by atoms with E-state index in [1.54, 1.807) is 12.1 Å². The summed E-state index contributed by atoms with van der Waals surface area (Å²) in [6.45, 7) is -0.213. The van der Waals surface area contributed by atoms with Crippen molar-refractivity contribution in [2.75, 3.05) is 13.1 Å². The van der Waals surface area contributed by atoms with Gasteiger partial charge in [-0.3, -0.25) is 9.59 Å². The zero-order valence-electron chi connectivity index (χ0n) is 11.9. The van der Waals surface area contributed by atoms with Gasteiger partial charge in [0, 0.05) is 6.54 Å². The van der Waals surface area contributed by atoms with E-state index in [0.29, 0.717) is 10.4 Å². The average molecular weight is 401 g/mol. The fourth-order valence-electron chi connectivity index (χ4n) is 1.76. The van der Waals surface area contributed by atoms with Crippen LogP contribution < -0.4 is 10.6 Å². The van der Waals surface area contributed by atoms with Crippen LogP contribution in [0.4, 0.5) is 4.39 Å². The maximum atomic E-state index is 12.8. The van der Waals surface area contributed by atoms with Crippen molar-refractivity contribution < 1.29 is 19.1 Å². The minimum atomic E-state index is -0.941. The number of hydrogen-bond donors (Lipinski definition) is 3. The van der Waals surface area contributed by atoms with E-state index in [-0.39, 0.29) is 19.0 Å². The molecule has 3 N–H and O–H groups in total. The maximum Gasteiger partial charge on any atom is 0.261 e. The molecule has 2 aromatic rings. The molecule has 0 aliphatic heterocycles. The van der Waals surface area contributed by atoms with Gasteiger partial charge in [0.1, 0.15) is 5.82 Å². The van der Waals surface area contributed by atoms with Gasteiger partial charge < -0.3 is 15.7 Å². The van der Waals surface area contributed by atoms with Gasteiger partial charge >= 0.3 is 0 Å². The Morgan fingerprint density at radius 1 is 1.17 bits per heavy atom. The fourth-order valence-corrected chi connectivity index (χ4v) is 3.06. The molecular formula is C15H14BrFN2O3S. The summed E-state index contributed by atoms with van der Waals surface area (Å²) < 4.78 is 13.6. The summed E-state index contributed by atoms with van der Waals surface area (Å²) >= 11 is 4.52. The van der Waals surface area contributed by atoms with Gasteiger partial charge in [-0.2, -0.15) is 0 Å². The Balaban J connectivity index is 1.74. The predicted molar refractivity (Wildman–Crippen MR) is 88.7 cm³/mol. The van der Waals surface area contributed by atoms with Crippen LogP contribution in [0.5, 0.6) is 0 Å². The number of aliphatic hydroxyl groups excluding tert-OH is 1. The maximum absolute atomic E-state index is 12.8. The van der Waals surface area contributed by atoms with Crippen LogP contribution >= 0.6 is 27.3 Å². The molecule has 1 aromatic heterocycles. The molecule has 2 amide bonds. The lowest BCUT2D eigenvalue weighted by Crippen LogP contribution is -2.38. The van der Waals surface area contributed by atoms with Crippen molar-refractivity contribution in [2.24, 2.45) is 0 Å². The van der Waals surface area contributed by atoms with Gasteiger partial charge in [-0.25, -0.2) is 4.39 Å². The molecule has 1 heterocycles. The van der Waals surface area contributed by atoms with Crippen LogP contribution in [0, 0.1) is 5.82 Å².